The van der Waals surface area contributed by atoms with Gasteiger partial charge in [0, 0.05) is 30.9 Å². The molecule has 2 heterocycles. The number of hydrogen-bond acceptors (Lipinski definition) is 2. The highest BCUT2D eigenvalue weighted by atomic mass is 19.1. The summed E-state index contributed by atoms with van der Waals surface area (Å²) in [5.41, 5.74) is 3.29. The lowest BCUT2D eigenvalue weighted by atomic mass is 10.1. The summed E-state index contributed by atoms with van der Waals surface area (Å²) >= 11 is 0. The molecule has 1 N–H and O–H groups in total. The van der Waals surface area contributed by atoms with Gasteiger partial charge in [-0.2, -0.15) is 0 Å². The average Bonchev–Trinajstić information content (AvgIpc) is 2.74. The van der Waals surface area contributed by atoms with Crippen LogP contribution in [0.4, 0.5) is 4.39 Å². The molecule has 0 saturated heterocycles. The summed E-state index contributed by atoms with van der Waals surface area (Å²) in [5, 5.41) is 3.28. The van der Waals surface area contributed by atoms with E-state index in [1.807, 2.05) is 10.9 Å². The van der Waals surface area contributed by atoms with Crippen LogP contribution in [0.5, 0.6) is 0 Å². The molecule has 0 spiro atoms. The van der Waals surface area contributed by atoms with Gasteiger partial charge < -0.3 is 9.88 Å². The van der Waals surface area contributed by atoms with Gasteiger partial charge in [0.25, 0.3) is 0 Å². The minimum atomic E-state index is -0.209. The van der Waals surface area contributed by atoms with Crippen molar-refractivity contribution in [1.82, 2.24) is 14.9 Å². The zero-order chi connectivity index (χ0) is 11.0. The van der Waals surface area contributed by atoms with Crippen molar-refractivity contribution in [2.75, 3.05) is 6.54 Å². The van der Waals surface area contributed by atoms with Gasteiger partial charge in [0.2, 0.25) is 0 Å². The van der Waals surface area contributed by atoms with Crippen LogP contribution in [0.1, 0.15) is 11.4 Å². The van der Waals surface area contributed by atoms with Crippen molar-refractivity contribution in [1.29, 1.82) is 0 Å². The van der Waals surface area contributed by atoms with E-state index >= 15 is 0 Å². The van der Waals surface area contributed by atoms with Crippen LogP contribution in [-0.4, -0.2) is 16.1 Å². The van der Waals surface area contributed by atoms with E-state index in [1.165, 1.54) is 17.8 Å². The number of nitrogens with zero attached hydrogens (tertiary/aromatic N) is 2. The number of hydrogen-bond donors (Lipinski definition) is 1. The second kappa shape index (κ2) is 3.72. The van der Waals surface area contributed by atoms with Crippen molar-refractivity contribution in [2.45, 2.75) is 13.0 Å². The van der Waals surface area contributed by atoms with Crippen molar-refractivity contribution < 1.29 is 4.39 Å². The van der Waals surface area contributed by atoms with Gasteiger partial charge in [-0.25, -0.2) is 9.37 Å². The van der Waals surface area contributed by atoms with E-state index in [0.717, 1.165) is 30.9 Å². The Balaban J connectivity index is 2.06. The van der Waals surface area contributed by atoms with E-state index in [-0.39, 0.29) is 5.82 Å². The Morgan fingerprint density at radius 3 is 2.88 bits per heavy atom. The minimum absolute atomic E-state index is 0.209. The first-order valence-electron chi connectivity index (χ1n) is 5.36. The first kappa shape index (κ1) is 9.54. The molecule has 2 aromatic rings. The van der Waals surface area contributed by atoms with Crippen LogP contribution in [0.25, 0.3) is 5.69 Å². The standard InChI is InChI=1S/C12H12FN3/c13-9-1-3-10(4-2-9)16-8-15-11-7-14-6-5-12(11)16/h1-4,8,14H,5-7H2. The second-order valence-electron chi connectivity index (χ2n) is 3.91. The van der Waals surface area contributed by atoms with E-state index in [9.17, 15) is 4.39 Å². The Morgan fingerprint density at radius 2 is 2.06 bits per heavy atom. The van der Waals surface area contributed by atoms with E-state index in [0.29, 0.717) is 0 Å². The quantitative estimate of drug-likeness (QED) is 0.787. The van der Waals surface area contributed by atoms with Gasteiger partial charge in [-0.05, 0) is 24.3 Å². The maximum atomic E-state index is 12.8. The zero-order valence-corrected chi connectivity index (χ0v) is 8.78. The first-order valence-corrected chi connectivity index (χ1v) is 5.36. The highest BCUT2D eigenvalue weighted by molar-refractivity contribution is 5.36. The summed E-state index contributed by atoms with van der Waals surface area (Å²) in [6, 6.07) is 6.50. The summed E-state index contributed by atoms with van der Waals surface area (Å²) in [6.07, 6.45) is 2.78. The molecule has 0 saturated carbocycles. The molecule has 4 heteroatoms. The van der Waals surface area contributed by atoms with Crippen LogP contribution in [0.15, 0.2) is 30.6 Å². The van der Waals surface area contributed by atoms with E-state index < -0.39 is 0 Å². The van der Waals surface area contributed by atoms with Crippen LogP contribution in [0, 0.1) is 5.82 Å². The number of imidazole rings is 1. The predicted molar refractivity (Wildman–Crippen MR) is 58.9 cm³/mol. The fourth-order valence-electron chi connectivity index (χ4n) is 2.06. The molecule has 0 aliphatic carbocycles. The highest BCUT2D eigenvalue weighted by Crippen LogP contribution is 2.17. The Bertz CT molecular complexity index is 501. The number of aromatic nitrogens is 2. The molecule has 16 heavy (non-hydrogen) atoms. The maximum absolute atomic E-state index is 12.8. The molecule has 1 aliphatic heterocycles. The van der Waals surface area contributed by atoms with Crippen molar-refractivity contribution in [2.24, 2.45) is 0 Å². The lowest BCUT2D eigenvalue weighted by molar-refractivity contribution is 0.618. The van der Waals surface area contributed by atoms with Crippen LogP contribution >= 0.6 is 0 Å². The SMILES string of the molecule is Fc1ccc(-n2cnc3c2CCNC3)cc1. The topological polar surface area (TPSA) is 29.9 Å². The van der Waals surface area contributed by atoms with Gasteiger partial charge in [0.15, 0.2) is 0 Å². The average molecular weight is 217 g/mol. The normalized spacial score (nSPS) is 14.8. The molecule has 1 aliphatic rings. The summed E-state index contributed by atoms with van der Waals surface area (Å²) in [6.45, 7) is 1.80. The molecule has 0 fully saturated rings. The number of nitrogens with one attached hydrogen (secondary N) is 1. The van der Waals surface area contributed by atoms with Gasteiger partial charge in [-0.1, -0.05) is 0 Å². The van der Waals surface area contributed by atoms with E-state index in [4.69, 9.17) is 0 Å². The van der Waals surface area contributed by atoms with Crippen molar-refractivity contribution in [3.8, 4) is 5.69 Å². The molecular weight excluding hydrogens is 205 g/mol. The molecule has 3 nitrogen and oxygen atoms in total. The lowest BCUT2D eigenvalue weighted by Gasteiger charge is -2.15. The fourth-order valence-corrected chi connectivity index (χ4v) is 2.06. The molecule has 0 amide bonds. The molecular formula is C12H12FN3. The third-order valence-corrected chi connectivity index (χ3v) is 2.89. The molecule has 1 aromatic heterocycles. The molecule has 0 atom stereocenters. The van der Waals surface area contributed by atoms with Crippen molar-refractivity contribution in [3.63, 3.8) is 0 Å². The Kier molecular flexibility index (Phi) is 2.22. The van der Waals surface area contributed by atoms with Gasteiger partial charge in [-0.3, -0.25) is 0 Å². The summed E-state index contributed by atoms with van der Waals surface area (Å²) < 4.78 is 14.9. The molecule has 0 radical (unpaired) electrons. The predicted octanol–water partition coefficient (Wildman–Crippen LogP) is 1.66. The largest absolute Gasteiger partial charge is 0.311 e. The Morgan fingerprint density at radius 1 is 1.25 bits per heavy atom. The first-order chi connectivity index (χ1) is 7.84. The van der Waals surface area contributed by atoms with Crippen molar-refractivity contribution >= 4 is 0 Å². The smallest absolute Gasteiger partial charge is 0.123 e. The van der Waals surface area contributed by atoms with Gasteiger partial charge >= 0.3 is 0 Å². The third kappa shape index (κ3) is 1.51. The van der Waals surface area contributed by atoms with Crippen LogP contribution < -0.4 is 5.32 Å². The lowest BCUT2D eigenvalue weighted by Crippen LogP contribution is -2.24. The van der Waals surface area contributed by atoms with Gasteiger partial charge in [0.1, 0.15) is 5.82 Å². The Labute approximate surface area is 92.9 Å². The highest BCUT2D eigenvalue weighted by Gasteiger charge is 2.15. The van der Waals surface area contributed by atoms with Crippen LogP contribution in [0.3, 0.4) is 0 Å². The number of benzene rings is 1. The third-order valence-electron chi connectivity index (χ3n) is 2.89. The summed E-state index contributed by atoms with van der Waals surface area (Å²) in [5.74, 6) is -0.209. The maximum Gasteiger partial charge on any atom is 0.123 e. The zero-order valence-electron chi connectivity index (χ0n) is 8.78. The molecule has 3 rings (SSSR count). The van der Waals surface area contributed by atoms with Crippen molar-refractivity contribution in [3.05, 3.63) is 47.8 Å². The monoisotopic (exact) mass is 217 g/mol. The minimum Gasteiger partial charge on any atom is -0.311 e. The number of halogens is 1. The second-order valence-corrected chi connectivity index (χ2v) is 3.91. The van der Waals surface area contributed by atoms with Gasteiger partial charge in [-0.15, -0.1) is 0 Å². The fraction of sp³-hybridized carbons (Fsp3) is 0.250. The summed E-state index contributed by atoms with van der Waals surface area (Å²) in [4.78, 5) is 4.36. The summed E-state index contributed by atoms with van der Waals surface area (Å²) in [7, 11) is 0. The van der Waals surface area contributed by atoms with Crippen LogP contribution in [0.2, 0.25) is 0 Å². The number of fused-ring (bicyclic) bond motifs is 1. The Hall–Kier alpha value is -1.68. The van der Waals surface area contributed by atoms with Crippen LogP contribution in [-0.2, 0) is 13.0 Å². The molecule has 0 unspecified atom stereocenters. The molecule has 1 aromatic carbocycles. The van der Waals surface area contributed by atoms with Gasteiger partial charge in [0.05, 0.1) is 12.0 Å². The van der Waals surface area contributed by atoms with E-state index in [1.54, 1.807) is 12.1 Å². The number of rotatable bonds is 1. The van der Waals surface area contributed by atoms with E-state index in [2.05, 4.69) is 10.3 Å². The molecule has 0 bridgehead atoms. The molecule has 82 valence electrons.